The predicted octanol–water partition coefficient (Wildman–Crippen LogP) is 0.289. The molecule has 3 unspecified atom stereocenters. The third-order valence-electron chi connectivity index (χ3n) is 4.26. The molecule has 0 aliphatic heterocycles. The Bertz CT molecular complexity index is 752. The summed E-state index contributed by atoms with van der Waals surface area (Å²) in [7, 11) is 0. The Hall–Kier alpha value is -1.02. The second-order valence-corrected chi connectivity index (χ2v) is 5.60. The van der Waals surface area contributed by atoms with Crippen LogP contribution >= 0.6 is 0 Å². The predicted molar refractivity (Wildman–Crippen MR) is 77.3 cm³/mol. The molecule has 3 N–H and O–H groups in total. The van der Waals surface area contributed by atoms with Gasteiger partial charge in [-0.3, -0.25) is 14.3 Å². The number of aromatic amines is 1. The average molecular weight is 394 g/mol. The monoisotopic (exact) mass is 394 g/mol. The van der Waals surface area contributed by atoms with Gasteiger partial charge in [0.2, 0.25) is 0 Å². The Labute approximate surface area is 157 Å². The van der Waals surface area contributed by atoms with Crippen molar-refractivity contribution in [2.45, 2.75) is 31.4 Å². The molecule has 2 aromatic rings. The molecule has 3 rings (SSSR count). The van der Waals surface area contributed by atoms with E-state index in [2.05, 4.69) is 11.2 Å². The van der Waals surface area contributed by atoms with Gasteiger partial charge in [0.25, 0.3) is 5.56 Å². The maximum absolute atomic E-state index is 12.1. The van der Waals surface area contributed by atoms with Gasteiger partial charge in [0.1, 0.15) is 0 Å². The molecule has 0 bridgehead atoms. The molecule has 1 fully saturated rings. The minimum Gasteiger partial charge on any atom is -0.591 e. The molecule has 0 saturated heterocycles. The second-order valence-electron chi connectivity index (χ2n) is 5.60. The van der Waals surface area contributed by atoms with E-state index in [0.717, 1.165) is 0 Å². The summed E-state index contributed by atoms with van der Waals surface area (Å²) in [5, 5.41) is 19.2. The smallest absolute Gasteiger partial charge is 0.328 e. The number of rotatable bonds is 3. The normalized spacial score (nSPS) is 24.2. The summed E-state index contributed by atoms with van der Waals surface area (Å²) in [6.45, 7) is -0.0676. The Morgan fingerprint density at radius 2 is 2.17 bits per heavy atom. The van der Waals surface area contributed by atoms with Gasteiger partial charge in [-0.05, 0) is 31.3 Å². The molecule has 7 nitrogen and oxygen atoms in total. The Kier molecular flexibility index (Phi) is 6.14. The molecule has 1 radical (unpaired) electrons. The Morgan fingerprint density at radius 3 is 2.78 bits per heavy atom. The fourth-order valence-corrected chi connectivity index (χ4v) is 2.97. The molecule has 0 aromatic carbocycles. The second kappa shape index (κ2) is 7.70. The van der Waals surface area contributed by atoms with E-state index in [1.165, 1.54) is 10.8 Å². The third-order valence-corrected chi connectivity index (χ3v) is 4.26. The molecule has 0 amide bonds. The molecular weight excluding hydrogens is 377 g/mol. The molecule has 1 saturated carbocycles. The number of furan rings is 1. The fraction of sp³-hybridized carbons (Fsp3) is 0.467. The molecule has 23 heavy (non-hydrogen) atoms. The molecule has 1 aliphatic rings. The molecule has 2 heterocycles. The third kappa shape index (κ3) is 3.74. The van der Waals surface area contributed by atoms with Crippen LogP contribution in [-0.2, 0) is 32.7 Å². The van der Waals surface area contributed by atoms with Crippen LogP contribution < -0.4 is 11.2 Å². The molecular formula is C15H17N2O5Y-. The molecule has 2 aromatic heterocycles. The van der Waals surface area contributed by atoms with Crippen LogP contribution in [0, 0.1) is 12.2 Å². The van der Waals surface area contributed by atoms with E-state index in [-0.39, 0.29) is 56.8 Å². The Balaban J connectivity index is 0.00000192. The van der Waals surface area contributed by atoms with Gasteiger partial charge < -0.3 is 14.6 Å². The van der Waals surface area contributed by atoms with Crippen molar-refractivity contribution in [3.05, 3.63) is 45.4 Å². The molecule has 121 valence electrons. The first-order valence-corrected chi connectivity index (χ1v) is 7.20. The topological polar surface area (TPSA) is 108 Å². The average Bonchev–Trinajstić information content (AvgIpc) is 3.01. The minimum absolute atomic E-state index is 0. The number of aromatic nitrogens is 2. The number of hydrogen-bond donors (Lipinski definition) is 3. The van der Waals surface area contributed by atoms with Crippen molar-refractivity contribution in [2.75, 3.05) is 6.61 Å². The summed E-state index contributed by atoms with van der Waals surface area (Å²) in [4.78, 5) is 26.2. The van der Waals surface area contributed by atoms with Crippen LogP contribution in [-0.4, -0.2) is 32.5 Å². The zero-order valence-electron chi connectivity index (χ0n) is 12.4. The molecule has 0 spiro atoms. The van der Waals surface area contributed by atoms with E-state index < -0.39 is 17.4 Å². The first-order chi connectivity index (χ1) is 10.6. The number of aliphatic hydroxyl groups excluding tert-OH is 2. The minimum atomic E-state index is -0.664. The summed E-state index contributed by atoms with van der Waals surface area (Å²) >= 11 is 0. The van der Waals surface area contributed by atoms with Gasteiger partial charge in [0, 0.05) is 63.0 Å². The van der Waals surface area contributed by atoms with Gasteiger partial charge in [0.05, 0.1) is 6.10 Å². The zero-order valence-corrected chi connectivity index (χ0v) is 15.3. The van der Waals surface area contributed by atoms with Gasteiger partial charge in [-0.1, -0.05) is 0 Å². The molecule has 8 heteroatoms. The molecule has 1 aliphatic carbocycles. The van der Waals surface area contributed by atoms with Crippen molar-refractivity contribution < 1.29 is 47.3 Å². The van der Waals surface area contributed by atoms with E-state index in [0.29, 0.717) is 25.0 Å². The zero-order chi connectivity index (χ0) is 15.7. The van der Waals surface area contributed by atoms with E-state index in [1.807, 2.05) is 0 Å². The number of H-pyrrole nitrogens is 1. The quantitative estimate of drug-likeness (QED) is 0.649. The van der Waals surface area contributed by atoms with Gasteiger partial charge in [-0.2, -0.15) is 6.07 Å². The van der Waals surface area contributed by atoms with Crippen LogP contribution in [0.2, 0.25) is 0 Å². The maximum atomic E-state index is 12.1. The van der Waals surface area contributed by atoms with Gasteiger partial charge in [-0.15, -0.1) is 6.07 Å². The van der Waals surface area contributed by atoms with Crippen molar-refractivity contribution in [2.24, 2.45) is 5.92 Å². The first-order valence-electron chi connectivity index (χ1n) is 7.20. The SMILES string of the molecule is O=c1[nH]c(=O)n(C2CCC(CO)C(O)C2)cc1-c1cc[c-]o1.[Y]. The van der Waals surface area contributed by atoms with Gasteiger partial charge in [-0.25, -0.2) is 4.79 Å². The standard InChI is InChI=1S/C15H17N2O5.Y/c18-8-9-3-4-10(6-12(9)19)17-7-11(13-2-1-5-22-13)14(20)16-15(17)21;/h1-2,7,9-10,12,18-19H,3-4,6,8H2,(H,16,20,21);/q-1;. The van der Waals surface area contributed by atoms with E-state index in [4.69, 9.17) is 4.42 Å². The van der Waals surface area contributed by atoms with Crippen molar-refractivity contribution >= 4 is 0 Å². The van der Waals surface area contributed by atoms with E-state index in [9.17, 15) is 19.8 Å². The molecule has 3 atom stereocenters. The van der Waals surface area contributed by atoms with Crippen LogP contribution in [0.4, 0.5) is 0 Å². The van der Waals surface area contributed by atoms with Crippen LogP contribution in [0.15, 0.2) is 32.3 Å². The van der Waals surface area contributed by atoms with Crippen LogP contribution in [0.3, 0.4) is 0 Å². The Morgan fingerprint density at radius 1 is 1.39 bits per heavy atom. The van der Waals surface area contributed by atoms with Crippen molar-refractivity contribution in [3.63, 3.8) is 0 Å². The summed E-state index contributed by atoms with van der Waals surface area (Å²) in [5.41, 5.74) is -0.780. The van der Waals surface area contributed by atoms with E-state index in [1.54, 1.807) is 12.1 Å². The van der Waals surface area contributed by atoms with Crippen LogP contribution in [0.1, 0.15) is 25.3 Å². The van der Waals surface area contributed by atoms with Crippen molar-refractivity contribution in [1.29, 1.82) is 0 Å². The van der Waals surface area contributed by atoms with Crippen molar-refractivity contribution in [3.8, 4) is 11.3 Å². The van der Waals surface area contributed by atoms with Gasteiger partial charge in [0.15, 0.2) is 0 Å². The summed E-state index contributed by atoms with van der Waals surface area (Å²) < 4.78 is 6.52. The number of aliphatic hydroxyl groups is 2. The summed E-state index contributed by atoms with van der Waals surface area (Å²) in [5.74, 6) is 0.174. The fourth-order valence-electron chi connectivity index (χ4n) is 2.97. The summed E-state index contributed by atoms with van der Waals surface area (Å²) in [6.07, 6.45) is 4.94. The summed E-state index contributed by atoms with van der Waals surface area (Å²) in [6, 6.07) is 2.91. The first kappa shape index (κ1) is 18.3. The van der Waals surface area contributed by atoms with Crippen LogP contribution in [0.25, 0.3) is 11.3 Å². The van der Waals surface area contributed by atoms with Crippen molar-refractivity contribution in [1.82, 2.24) is 9.55 Å². The van der Waals surface area contributed by atoms with Crippen LogP contribution in [0.5, 0.6) is 0 Å². The number of hydrogen-bond acceptors (Lipinski definition) is 5. The van der Waals surface area contributed by atoms with Gasteiger partial charge >= 0.3 is 5.69 Å². The number of nitrogens with one attached hydrogen (secondary N) is 1. The maximum Gasteiger partial charge on any atom is 0.328 e. The largest absolute Gasteiger partial charge is 0.591 e. The number of nitrogens with zero attached hydrogens (tertiary/aromatic N) is 1. The van der Waals surface area contributed by atoms with E-state index >= 15 is 0 Å².